The van der Waals surface area contributed by atoms with Crippen LogP contribution in [0.5, 0.6) is 0 Å². The number of hydrogen-bond donors (Lipinski definition) is 2. The molecule has 3 nitrogen and oxygen atoms in total. The number of amides is 1. The van der Waals surface area contributed by atoms with Gasteiger partial charge < -0.3 is 10.4 Å². The second-order valence-corrected chi connectivity index (χ2v) is 5.33. The summed E-state index contributed by atoms with van der Waals surface area (Å²) in [5.74, 6) is 0.0436. The Bertz CT molecular complexity index is 421. The Morgan fingerprint density at radius 1 is 1.47 bits per heavy atom. The molecule has 0 bridgehead atoms. The lowest BCUT2D eigenvalue weighted by Gasteiger charge is -2.13. The average Bonchev–Trinajstić information content (AvgIpc) is 2.38. The third kappa shape index (κ3) is 6.08. The van der Waals surface area contributed by atoms with Crippen molar-refractivity contribution in [1.29, 1.82) is 0 Å². The minimum absolute atomic E-state index is 0.0436. The number of benzene rings is 1. The van der Waals surface area contributed by atoms with E-state index < -0.39 is 0 Å². The normalized spacial score (nSPS) is 12.2. The van der Waals surface area contributed by atoms with Gasteiger partial charge in [0.1, 0.15) is 0 Å². The number of carbonyl (C=O) groups excluding carboxylic acids is 1. The van der Waals surface area contributed by atoms with Gasteiger partial charge in [-0.3, -0.25) is 4.79 Å². The molecule has 0 heterocycles. The molecule has 1 unspecified atom stereocenters. The lowest BCUT2D eigenvalue weighted by Crippen LogP contribution is -2.32. The first-order valence-corrected chi connectivity index (χ1v) is 7.06. The van der Waals surface area contributed by atoms with Crippen LogP contribution in [0.2, 0.25) is 5.02 Å². The zero-order chi connectivity index (χ0) is 14.3. The Kier molecular flexibility index (Phi) is 6.89. The summed E-state index contributed by atoms with van der Waals surface area (Å²) in [5, 5.41) is 12.4. The monoisotopic (exact) mass is 283 g/mol. The topological polar surface area (TPSA) is 49.3 Å². The minimum Gasteiger partial charge on any atom is -0.396 e. The molecule has 1 atom stereocenters. The van der Waals surface area contributed by atoms with Crippen molar-refractivity contribution >= 4 is 17.5 Å². The summed E-state index contributed by atoms with van der Waals surface area (Å²) in [6.45, 7) is 4.08. The summed E-state index contributed by atoms with van der Waals surface area (Å²) < 4.78 is 0. The smallest absolute Gasteiger partial charge is 0.220 e. The van der Waals surface area contributed by atoms with Gasteiger partial charge in [0.15, 0.2) is 0 Å². The summed E-state index contributed by atoms with van der Waals surface area (Å²) in [6, 6.07) is 6.00. The van der Waals surface area contributed by atoms with E-state index in [9.17, 15) is 4.79 Å². The standard InChI is InChI=1S/C15H22ClNO2/c1-11-5-6-13(10-14(11)16)7-8-15(19)17-12(2)4-3-9-18/h5-6,10,12,18H,3-4,7-9H2,1-2H3,(H,17,19). The second kappa shape index (κ2) is 8.18. The molecule has 0 aromatic heterocycles. The van der Waals surface area contributed by atoms with Crippen LogP contribution >= 0.6 is 11.6 Å². The summed E-state index contributed by atoms with van der Waals surface area (Å²) in [6.07, 6.45) is 2.68. The van der Waals surface area contributed by atoms with Crippen molar-refractivity contribution in [3.63, 3.8) is 0 Å². The van der Waals surface area contributed by atoms with Gasteiger partial charge in [0.25, 0.3) is 0 Å². The van der Waals surface area contributed by atoms with E-state index in [0.29, 0.717) is 12.8 Å². The molecule has 1 rings (SSSR count). The Labute approximate surface area is 120 Å². The van der Waals surface area contributed by atoms with Crippen LogP contribution in [0, 0.1) is 6.92 Å². The average molecular weight is 284 g/mol. The molecule has 1 aromatic carbocycles. The van der Waals surface area contributed by atoms with E-state index in [2.05, 4.69) is 5.32 Å². The summed E-state index contributed by atoms with van der Waals surface area (Å²) in [7, 11) is 0. The molecule has 0 radical (unpaired) electrons. The summed E-state index contributed by atoms with van der Waals surface area (Å²) >= 11 is 6.05. The molecule has 0 aliphatic rings. The Hall–Kier alpha value is -1.06. The second-order valence-electron chi connectivity index (χ2n) is 4.92. The Morgan fingerprint density at radius 3 is 2.84 bits per heavy atom. The van der Waals surface area contributed by atoms with Gasteiger partial charge in [-0.2, -0.15) is 0 Å². The lowest BCUT2D eigenvalue weighted by molar-refractivity contribution is -0.121. The Balaban J connectivity index is 2.35. The SMILES string of the molecule is Cc1ccc(CCC(=O)NC(C)CCCO)cc1Cl. The highest BCUT2D eigenvalue weighted by molar-refractivity contribution is 6.31. The number of hydrogen-bond acceptors (Lipinski definition) is 2. The number of aliphatic hydroxyl groups excluding tert-OH is 1. The first-order valence-electron chi connectivity index (χ1n) is 6.68. The van der Waals surface area contributed by atoms with E-state index in [1.807, 2.05) is 32.0 Å². The van der Waals surface area contributed by atoms with Gasteiger partial charge >= 0.3 is 0 Å². The maximum absolute atomic E-state index is 11.7. The molecule has 0 aliphatic heterocycles. The quantitative estimate of drug-likeness (QED) is 0.808. The maximum atomic E-state index is 11.7. The molecule has 0 spiro atoms. The van der Waals surface area contributed by atoms with E-state index >= 15 is 0 Å². The third-order valence-electron chi connectivity index (χ3n) is 3.08. The number of rotatable bonds is 7. The first-order chi connectivity index (χ1) is 9.02. The van der Waals surface area contributed by atoms with Crippen molar-refractivity contribution in [1.82, 2.24) is 5.32 Å². The van der Waals surface area contributed by atoms with Crippen LogP contribution in [0.25, 0.3) is 0 Å². The van der Waals surface area contributed by atoms with E-state index in [1.165, 1.54) is 0 Å². The van der Waals surface area contributed by atoms with Crippen LogP contribution in [-0.4, -0.2) is 23.7 Å². The number of carbonyl (C=O) groups is 1. The number of nitrogens with one attached hydrogen (secondary N) is 1. The zero-order valence-electron chi connectivity index (χ0n) is 11.6. The fraction of sp³-hybridized carbons (Fsp3) is 0.533. The molecule has 106 valence electrons. The lowest BCUT2D eigenvalue weighted by atomic mass is 10.1. The number of aryl methyl sites for hydroxylation is 2. The number of aliphatic hydroxyl groups is 1. The van der Waals surface area contributed by atoms with Crippen molar-refractivity contribution in [3.05, 3.63) is 34.3 Å². The van der Waals surface area contributed by atoms with Crippen molar-refractivity contribution < 1.29 is 9.90 Å². The zero-order valence-corrected chi connectivity index (χ0v) is 12.3. The van der Waals surface area contributed by atoms with Gasteiger partial charge in [-0.1, -0.05) is 23.7 Å². The molecule has 0 aliphatic carbocycles. The largest absolute Gasteiger partial charge is 0.396 e. The van der Waals surface area contributed by atoms with E-state index in [-0.39, 0.29) is 18.6 Å². The molecule has 19 heavy (non-hydrogen) atoms. The molecule has 1 aromatic rings. The maximum Gasteiger partial charge on any atom is 0.220 e. The predicted octanol–water partition coefficient (Wildman–Crippen LogP) is 2.86. The highest BCUT2D eigenvalue weighted by Crippen LogP contribution is 2.17. The van der Waals surface area contributed by atoms with Crippen molar-refractivity contribution in [2.75, 3.05) is 6.61 Å². The fourth-order valence-electron chi connectivity index (χ4n) is 1.87. The Morgan fingerprint density at radius 2 is 2.21 bits per heavy atom. The van der Waals surface area contributed by atoms with E-state index in [1.54, 1.807) is 0 Å². The molecular weight excluding hydrogens is 262 g/mol. The van der Waals surface area contributed by atoms with Crippen molar-refractivity contribution in [3.8, 4) is 0 Å². The molecule has 0 saturated heterocycles. The van der Waals surface area contributed by atoms with E-state index in [4.69, 9.17) is 16.7 Å². The van der Waals surface area contributed by atoms with Gasteiger partial charge in [-0.05, 0) is 50.3 Å². The van der Waals surface area contributed by atoms with Gasteiger partial charge in [0, 0.05) is 24.1 Å². The van der Waals surface area contributed by atoms with Crippen LogP contribution in [0.4, 0.5) is 0 Å². The highest BCUT2D eigenvalue weighted by atomic mass is 35.5. The molecule has 2 N–H and O–H groups in total. The van der Waals surface area contributed by atoms with Gasteiger partial charge in [-0.25, -0.2) is 0 Å². The molecule has 1 amide bonds. The van der Waals surface area contributed by atoms with Crippen LogP contribution in [0.3, 0.4) is 0 Å². The summed E-state index contributed by atoms with van der Waals surface area (Å²) in [4.78, 5) is 11.7. The molecule has 4 heteroatoms. The highest BCUT2D eigenvalue weighted by Gasteiger charge is 2.07. The van der Waals surface area contributed by atoms with E-state index in [0.717, 1.165) is 29.0 Å². The van der Waals surface area contributed by atoms with Crippen molar-refractivity contribution in [2.24, 2.45) is 0 Å². The summed E-state index contributed by atoms with van der Waals surface area (Å²) in [5.41, 5.74) is 2.13. The van der Waals surface area contributed by atoms with Gasteiger partial charge in [0.05, 0.1) is 0 Å². The fourth-order valence-corrected chi connectivity index (χ4v) is 2.07. The minimum atomic E-state index is 0.0436. The molecule has 0 saturated carbocycles. The molecular formula is C15H22ClNO2. The molecule has 0 fully saturated rings. The number of halogens is 1. The van der Waals surface area contributed by atoms with Crippen LogP contribution in [0.1, 0.15) is 37.3 Å². The third-order valence-corrected chi connectivity index (χ3v) is 3.49. The predicted molar refractivity (Wildman–Crippen MR) is 78.4 cm³/mol. The van der Waals surface area contributed by atoms with Crippen LogP contribution in [0.15, 0.2) is 18.2 Å². The van der Waals surface area contributed by atoms with Crippen LogP contribution < -0.4 is 5.32 Å². The van der Waals surface area contributed by atoms with Gasteiger partial charge in [0.2, 0.25) is 5.91 Å². The van der Waals surface area contributed by atoms with Crippen molar-refractivity contribution in [2.45, 2.75) is 45.6 Å². The first kappa shape index (κ1) is 16.0. The van der Waals surface area contributed by atoms with Crippen LogP contribution in [-0.2, 0) is 11.2 Å². The van der Waals surface area contributed by atoms with Gasteiger partial charge in [-0.15, -0.1) is 0 Å².